The molecule has 0 aliphatic carbocycles. The largest absolute Gasteiger partial charge is 0.497 e. The molecule has 4 rings (SSSR count). The minimum atomic E-state index is -0.295. The van der Waals surface area contributed by atoms with Crippen LogP contribution in [0.2, 0.25) is 0 Å². The highest BCUT2D eigenvalue weighted by atomic mass is 19.1. The van der Waals surface area contributed by atoms with Gasteiger partial charge in [-0.3, -0.25) is 10.1 Å². The molecule has 3 aromatic carbocycles. The molecule has 7 nitrogen and oxygen atoms in total. The number of hydrogen-bond donors (Lipinski definition) is 4. The van der Waals surface area contributed by atoms with Crippen molar-refractivity contribution in [3.8, 4) is 5.75 Å². The van der Waals surface area contributed by atoms with Crippen molar-refractivity contribution in [2.75, 3.05) is 7.11 Å². The molecule has 1 aliphatic rings. The lowest BCUT2D eigenvalue weighted by Gasteiger charge is -2.17. The number of nitrogens with one attached hydrogen (secondary N) is 4. The highest BCUT2D eigenvalue weighted by Crippen LogP contribution is 2.21. The third-order valence-corrected chi connectivity index (χ3v) is 5.72. The van der Waals surface area contributed by atoms with E-state index in [2.05, 4.69) is 26.5 Å². The van der Waals surface area contributed by atoms with Crippen molar-refractivity contribution < 1.29 is 13.9 Å². The van der Waals surface area contributed by atoms with Crippen LogP contribution in [0, 0.1) is 12.7 Å². The van der Waals surface area contributed by atoms with Crippen LogP contribution in [0.5, 0.6) is 5.75 Å². The van der Waals surface area contributed by atoms with Crippen molar-refractivity contribution in [2.45, 2.75) is 32.1 Å². The maximum absolute atomic E-state index is 13.3. The zero-order valence-corrected chi connectivity index (χ0v) is 19.1. The van der Waals surface area contributed by atoms with E-state index in [1.54, 1.807) is 43.5 Å². The Labute approximate surface area is 198 Å². The molecule has 4 N–H and O–H groups in total. The number of hydrogen-bond acceptors (Lipinski definition) is 5. The highest BCUT2D eigenvalue weighted by molar-refractivity contribution is 6.05. The molecule has 1 fully saturated rings. The number of guanidine groups is 1. The molecule has 1 amide bonds. The lowest BCUT2D eigenvalue weighted by Crippen LogP contribution is -2.50. The Kier molecular flexibility index (Phi) is 7.51. The third-order valence-electron chi connectivity index (χ3n) is 5.72. The van der Waals surface area contributed by atoms with Gasteiger partial charge in [-0.25, -0.2) is 20.2 Å². The van der Waals surface area contributed by atoms with Gasteiger partial charge in [-0.05, 0) is 53.9 Å². The summed E-state index contributed by atoms with van der Waals surface area (Å²) < 4.78 is 18.5. The fraction of sp³-hybridized carbons (Fsp3) is 0.231. The quantitative estimate of drug-likeness (QED) is 0.333. The van der Waals surface area contributed by atoms with E-state index >= 15 is 0 Å². The van der Waals surface area contributed by atoms with Gasteiger partial charge >= 0.3 is 0 Å². The van der Waals surface area contributed by atoms with Crippen LogP contribution in [-0.2, 0) is 6.54 Å². The fourth-order valence-electron chi connectivity index (χ4n) is 3.75. The number of methoxy groups -OCH3 is 1. The summed E-state index contributed by atoms with van der Waals surface area (Å²) >= 11 is 0. The van der Waals surface area contributed by atoms with Crippen molar-refractivity contribution in [1.29, 1.82) is 0 Å². The minimum absolute atomic E-state index is 0.00944. The van der Waals surface area contributed by atoms with Gasteiger partial charge in [-0.1, -0.05) is 42.5 Å². The van der Waals surface area contributed by atoms with Crippen molar-refractivity contribution >= 4 is 11.9 Å². The van der Waals surface area contributed by atoms with Crippen LogP contribution in [-0.4, -0.2) is 25.1 Å². The second-order valence-corrected chi connectivity index (χ2v) is 8.10. The molecule has 0 saturated carbocycles. The van der Waals surface area contributed by atoms with Crippen molar-refractivity contribution in [1.82, 2.24) is 21.5 Å². The second kappa shape index (κ2) is 10.9. The van der Waals surface area contributed by atoms with E-state index in [0.717, 1.165) is 16.7 Å². The molecule has 1 saturated heterocycles. The summed E-state index contributed by atoms with van der Waals surface area (Å²) in [7, 11) is 1.56. The van der Waals surface area contributed by atoms with Gasteiger partial charge in [0.15, 0.2) is 5.96 Å². The SMILES string of the molecule is COc1cccc(C(=O)NC(=NCc2ccccc2C)NC2CC(c3ccc(F)cc3)NN2)c1. The Morgan fingerprint density at radius 3 is 2.65 bits per heavy atom. The van der Waals surface area contributed by atoms with Gasteiger partial charge in [-0.15, -0.1) is 0 Å². The average molecular weight is 462 g/mol. The summed E-state index contributed by atoms with van der Waals surface area (Å²) in [5, 5.41) is 6.18. The van der Waals surface area contributed by atoms with Crippen LogP contribution in [0.4, 0.5) is 4.39 Å². The van der Waals surface area contributed by atoms with Gasteiger partial charge < -0.3 is 10.1 Å². The molecule has 0 radical (unpaired) electrons. The standard InChI is InChI=1S/C26H28FN5O2/c1-17-6-3-4-7-20(17)16-28-26(30-25(33)19-8-5-9-22(14-19)34-2)29-24-15-23(31-32-24)18-10-12-21(27)13-11-18/h3-14,23-24,31-32H,15-16H2,1-2H3,(H2,28,29,30,33). The van der Waals surface area contributed by atoms with Gasteiger partial charge in [0.1, 0.15) is 11.6 Å². The Morgan fingerprint density at radius 2 is 1.88 bits per heavy atom. The predicted molar refractivity (Wildman–Crippen MR) is 130 cm³/mol. The first-order valence-corrected chi connectivity index (χ1v) is 11.1. The summed E-state index contributed by atoms with van der Waals surface area (Å²) in [5.74, 6) is 0.393. The average Bonchev–Trinajstić information content (AvgIpc) is 3.32. The van der Waals surface area contributed by atoms with Crippen LogP contribution in [0.25, 0.3) is 0 Å². The van der Waals surface area contributed by atoms with E-state index in [-0.39, 0.29) is 23.9 Å². The first-order chi connectivity index (χ1) is 16.5. The number of benzene rings is 3. The Balaban J connectivity index is 1.49. The molecule has 176 valence electrons. The van der Waals surface area contributed by atoms with E-state index < -0.39 is 0 Å². The fourth-order valence-corrected chi connectivity index (χ4v) is 3.75. The van der Waals surface area contributed by atoms with Gasteiger partial charge in [0.05, 0.1) is 19.8 Å². The number of ether oxygens (including phenoxy) is 1. The number of hydrazine groups is 1. The molecular formula is C26H28FN5O2. The molecule has 2 unspecified atom stereocenters. The topological polar surface area (TPSA) is 86.8 Å². The Hall–Kier alpha value is -3.75. The van der Waals surface area contributed by atoms with E-state index in [0.29, 0.717) is 30.2 Å². The van der Waals surface area contributed by atoms with E-state index in [1.807, 2.05) is 31.2 Å². The van der Waals surface area contributed by atoms with Crippen LogP contribution in [0.3, 0.4) is 0 Å². The van der Waals surface area contributed by atoms with Crippen molar-refractivity contribution in [3.63, 3.8) is 0 Å². The van der Waals surface area contributed by atoms with Crippen LogP contribution in [0.15, 0.2) is 77.8 Å². The number of nitrogens with zero attached hydrogens (tertiary/aromatic N) is 1. The monoisotopic (exact) mass is 461 g/mol. The number of carbonyl (C=O) groups excluding carboxylic acids is 1. The number of carbonyl (C=O) groups is 1. The molecule has 0 aromatic heterocycles. The maximum atomic E-state index is 13.3. The maximum Gasteiger partial charge on any atom is 0.258 e. The molecule has 1 heterocycles. The first kappa shape index (κ1) is 23.4. The summed E-state index contributed by atoms with van der Waals surface area (Å²) in [6, 6.07) is 21.3. The Bertz CT molecular complexity index is 1170. The molecule has 1 aliphatic heterocycles. The van der Waals surface area contributed by atoms with Gasteiger partial charge in [0, 0.05) is 18.0 Å². The van der Waals surface area contributed by atoms with Gasteiger partial charge in [0.2, 0.25) is 0 Å². The molecule has 8 heteroatoms. The molecule has 2 atom stereocenters. The van der Waals surface area contributed by atoms with Crippen LogP contribution in [0.1, 0.15) is 39.5 Å². The normalized spacial score (nSPS) is 17.9. The third kappa shape index (κ3) is 5.98. The van der Waals surface area contributed by atoms with E-state index in [9.17, 15) is 9.18 Å². The zero-order chi connectivity index (χ0) is 23.9. The summed E-state index contributed by atoms with van der Waals surface area (Å²) in [5.41, 5.74) is 10.0. The lowest BCUT2D eigenvalue weighted by atomic mass is 10.0. The Morgan fingerprint density at radius 1 is 1.09 bits per heavy atom. The summed E-state index contributed by atoms with van der Waals surface area (Å²) in [4.78, 5) is 17.6. The number of aliphatic imine (C=N–C) groups is 1. The van der Waals surface area contributed by atoms with E-state index in [4.69, 9.17) is 4.74 Å². The predicted octanol–water partition coefficient (Wildman–Crippen LogP) is 3.58. The lowest BCUT2D eigenvalue weighted by molar-refractivity contribution is 0.0975. The molecule has 0 spiro atoms. The first-order valence-electron chi connectivity index (χ1n) is 11.1. The number of halogens is 1. The van der Waals surface area contributed by atoms with Gasteiger partial charge in [0.25, 0.3) is 5.91 Å². The smallest absolute Gasteiger partial charge is 0.258 e. The molecule has 34 heavy (non-hydrogen) atoms. The minimum Gasteiger partial charge on any atom is -0.497 e. The van der Waals surface area contributed by atoms with E-state index in [1.165, 1.54) is 12.1 Å². The molecule has 0 bridgehead atoms. The zero-order valence-electron chi connectivity index (χ0n) is 19.1. The highest BCUT2D eigenvalue weighted by Gasteiger charge is 2.26. The molecular weight excluding hydrogens is 433 g/mol. The summed E-state index contributed by atoms with van der Waals surface area (Å²) in [6.45, 7) is 2.44. The summed E-state index contributed by atoms with van der Waals surface area (Å²) in [6.07, 6.45) is 0.473. The number of amides is 1. The van der Waals surface area contributed by atoms with Gasteiger partial charge in [-0.2, -0.15) is 0 Å². The number of aryl methyl sites for hydroxylation is 1. The van der Waals surface area contributed by atoms with Crippen molar-refractivity contribution in [3.05, 3.63) is 101 Å². The van der Waals surface area contributed by atoms with Crippen molar-refractivity contribution in [2.24, 2.45) is 4.99 Å². The molecule has 3 aromatic rings. The number of rotatable bonds is 6. The second-order valence-electron chi connectivity index (χ2n) is 8.10. The van der Waals surface area contributed by atoms with Crippen LogP contribution < -0.4 is 26.2 Å². The van der Waals surface area contributed by atoms with Crippen LogP contribution >= 0.6 is 0 Å².